The first-order valence-corrected chi connectivity index (χ1v) is 12.2. The second kappa shape index (κ2) is 11.3. The van der Waals surface area contributed by atoms with Gasteiger partial charge in [-0.1, -0.05) is 42.5 Å². The fourth-order valence-electron chi connectivity index (χ4n) is 3.96. The predicted molar refractivity (Wildman–Crippen MR) is 131 cm³/mol. The summed E-state index contributed by atoms with van der Waals surface area (Å²) in [6.07, 6.45) is 0.422. The van der Waals surface area contributed by atoms with E-state index in [0.29, 0.717) is 31.9 Å². The standard InChI is InChI=1S/C26H29N3O4S/c1-19-27-24(18-34-19)26(31)29-15-23(33-17-21-9-6-10-22(13-21)32-2)14-28(25(30)16-29)12-11-20-7-4-3-5-8-20/h3-10,13,18,23H,11-12,14-17H2,1-2H3/t23-/m1/s1. The first-order chi connectivity index (χ1) is 16.5. The van der Waals surface area contributed by atoms with E-state index in [2.05, 4.69) is 17.1 Å². The molecule has 0 bridgehead atoms. The minimum absolute atomic E-state index is 0.0171. The largest absolute Gasteiger partial charge is 0.497 e. The van der Waals surface area contributed by atoms with E-state index in [1.807, 2.05) is 54.3 Å². The highest BCUT2D eigenvalue weighted by Gasteiger charge is 2.32. The Kier molecular flexibility index (Phi) is 7.92. The summed E-state index contributed by atoms with van der Waals surface area (Å²) >= 11 is 1.42. The van der Waals surface area contributed by atoms with Gasteiger partial charge in [-0.25, -0.2) is 4.98 Å². The predicted octanol–water partition coefficient (Wildman–Crippen LogP) is 3.57. The van der Waals surface area contributed by atoms with Gasteiger partial charge in [-0.05, 0) is 36.6 Å². The third-order valence-electron chi connectivity index (χ3n) is 5.79. The normalized spacial score (nSPS) is 16.4. The summed E-state index contributed by atoms with van der Waals surface area (Å²) in [6, 6.07) is 17.8. The Labute approximate surface area is 203 Å². The molecule has 34 heavy (non-hydrogen) atoms. The van der Waals surface area contributed by atoms with Crippen LogP contribution in [-0.4, -0.2) is 66.0 Å². The van der Waals surface area contributed by atoms with E-state index >= 15 is 0 Å². The minimum atomic E-state index is -0.322. The van der Waals surface area contributed by atoms with Gasteiger partial charge in [0.05, 0.1) is 24.8 Å². The molecular formula is C26H29N3O4S. The van der Waals surface area contributed by atoms with E-state index in [9.17, 15) is 9.59 Å². The number of hydrogen-bond acceptors (Lipinski definition) is 6. The van der Waals surface area contributed by atoms with Gasteiger partial charge in [0.15, 0.2) is 0 Å². The van der Waals surface area contributed by atoms with Crippen LogP contribution in [0, 0.1) is 6.92 Å². The molecule has 1 saturated heterocycles. The molecule has 2 heterocycles. The van der Waals surface area contributed by atoms with Gasteiger partial charge >= 0.3 is 0 Å². The Balaban J connectivity index is 1.49. The Bertz CT molecular complexity index is 1120. The fraction of sp³-hybridized carbons (Fsp3) is 0.346. The number of ether oxygens (including phenoxy) is 2. The van der Waals surface area contributed by atoms with Crippen LogP contribution in [0.1, 0.15) is 26.6 Å². The van der Waals surface area contributed by atoms with Gasteiger partial charge in [0.25, 0.3) is 5.91 Å². The molecule has 0 unspecified atom stereocenters. The minimum Gasteiger partial charge on any atom is -0.497 e. The monoisotopic (exact) mass is 479 g/mol. The van der Waals surface area contributed by atoms with Gasteiger partial charge in [0.1, 0.15) is 18.0 Å². The van der Waals surface area contributed by atoms with Crippen LogP contribution in [0.5, 0.6) is 5.75 Å². The van der Waals surface area contributed by atoms with Gasteiger partial charge < -0.3 is 19.3 Å². The van der Waals surface area contributed by atoms with Crippen LogP contribution in [-0.2, 0) is 22.6 Å². The molecule has 1 aromatic heterocycles. The maximum atomic E-state index is 13.1. The number of nitrogens with zero attached hydrogens (tertiary/aromatic N) is 3. The molecule has 2 amide bonds. The Morgan fingerprint density at radius 1 is 1.12 bits per heavy atom. The number of rotatable bonds is 8. The van der Waals surface area contributed by atoms with Crippen molar-refractivity contribution in [2.24, 2.45) is 0 Å². The summed E-state index contributed by atoms with van der Waals surface area (Å²) in [5.41, 5.74) is 2.51. The molecule has 2 aromatic carbocycles. The van der Waals surface area contributed by atoms with E-state index in [4.69, 9.17) is 9.47 Å². The lowest BCUT2D eigenvalue weighted by molar-refractivity contribution is -0.131. The summed E-state index contributed by atoms with van der Waals surface area (Å²) < 4.78 is 11.5. The number of thiazole rings is 1. The van der Waals surface area contributed by atoms with Crippen LogP contribution in [0.25, 0.3) is 0 Å². The highest BCUT2D eigenvalue weighted by molar-refractivity contribution is 7.09. The van der Waals surface area contributed by atoms with Crippen molar-refractivity contribution in [3.63, 3.8) is 0 Å². The maximum absolute atomic E-state index is 13.1. The lowest BCUT2D eigenvalue weighted by Gasteiger charge is -2.25. The van der Waals surface area contributed by atoms with Crippen molar-refractivity contribution in [1.29, 1.82) is 0 Å². The second-order valence-electron chi connectivity index (χ2n) is 8.30. The molecule has 0 N–H and O–H groups in total. The van der Waals surface area contributed by atoms with Crippen LogP contribution < -0.4 is 4.74 Å². The highest BCUT2D eigenvalue weighted by atomic mass is 32.1. The Hall–Kier alpha value is -3.23. The van der Waals surface area contributed by atoms with E-state index in [0.717, 1.165) is 22.7 Å². The molecular weight excluding hydrogens is 450 g/mol. The fourth-order valence-corrected chi connectivity index (χ4v) is 4.55. The molecule has 0 radical (unpaired) electrons. The van der Waals surface area contributed by atoms with Crippen LogP contribution in [0.15, 0.2) is 60.0 Å². The summed E-state index contributed by atoms with van der Waals surface area (Å²) in [6.45, 7) is 3.56. The summed E-state index contributed by atoms with van der Waals surface area (Å²) in [5, 5.41) is 2.56. The molecule has 1 atom stereocenters. The SMILES string of the molecule is COc1cccc(CO[C@@H]2CN(CCc3ccccc3)C(=O)CN(C(=O)c3csc(C)n3)C2)c1. The van der Waals surface area contributed by atoms with Gasteiger partial charge in [0.2, 0.25) is 5.91 Å². The average molecular weight is 480 g/mol. The van der Waals surface area contributed by atoms with E-state index < -0.39 is 0 Å². The molecule has 0 aliphatic carbocycles. The number of carbonyl (C=O) groups is 2. The zero-order chi connectivity index (χ0) is 23.9. The molecule has 0 spiro atoms. The van der Waals surface area contributed by atoms with Crippen molar-refractivity contribution in [1.82, 2.24) is 14.8 Å². The van der Waals surface area contributed by atoms with Crippen molar-refractivity contribution in [2.45, 2.75) is 26.1 Å². The molecule has 1 aliphatic rings. The van der Waals surface area contributed by atoms with Crippen LogP contribution >= 0.6 is 11.3 Å². The highest BCUT2D eigenvalue weighted by Crippen LogP contribution is 2.18. The summed E-state index contributed by atoms with van der Waals surface area (Å²) in [5.74, 6) is 0.443. The van der Waals surface area contributed by atoms with E-state index in [1.165, 1.54) is 16.9 Å². The Morgan fingerprint density at radius 3 is 2.65 bits per heavy atom. The van der Waals surface area contributed by atoms with Crippen molar-refractivity contribution >= 4 is 23.2 Å². The Morgan fingerprint density at radius 2 is 1.91 bits per heavy atom. The van der Waals surface area contributed by atoms with Crippen molar-refractivity contribution in [2.75, 3.05) is 33.3 Å². The molecule has 1 fully saturated rings. The van der Waals surface area contributed by atoms with Crippen LogP contribution in [0.3, 0.4) is 0 Å². The van der Waals surface area contributed by atoms with E-state index in [-0.39, 0.29) is 24.5 Å². The third kappa shape index (κ3) is 6.21. The molecule has 4 rings (SSSR count). The zero-order valence-corrected chi connectivity index (χ0v) is 20.3. The molecule has 1 aliphatic heterocycles. The van der Waals surface area contributed by atoms with Gasteiger partial charge in [0, 0.05) is 25.0 Å². The van der Waals surface area contributed by atoms with Gasteiger partial charge in [-0.3, -0.25) is 9.59 Å². The number of benzene rings is 2. The first-order valence-electron chi connectivity index (χ1n) is 11.3. The molecule has 7 nitrogen and oxygen atoms in total. The molecule has 3 aromatic rings. The quantitative estimate of drug-likeness (QED) is 0.494. The summed E-state index contributed by atoms with van der Waals surface area (Å²) in [7, 11) is 1.63. The molecule has 178 valence electrons. The van der Waals surface area contributed by atoms with Crippen LogP contribution in [0.4, 0.5) is 0 Å². The topological polar surface area (TPSA) is 72.0 Å². The zero-order valence-electron chi connectivity index (χ0n) is 19.5. The first kappa shape index (κ1) is 23.9. The number of hydrogen-bond donors (Lipinski definition) is 0. The van der Waals surface area contributed by atoms with Crippen molar-refractivity contribution in [3.05, 3.63) is 81.8 Å². The van der Waals surface area contributed by atoms with Crippen molar-refractivity contribution < 1.29 is 19.1 Å². The number of amides is 2. The van der Waals surface area contributed by atoms with Gasteiger partial charge in [-0.2, -0.15) is 0 Å². The molecule has 8 heteroatoms. The third-order valence-corrected chi connectivity index (χ3v) is 6.56. The van der Waals surface area contributed by atoms with E-state index in [1.54, 1.807) is 17.4 Å². The summed E-state index contributed by atoms with van der Waals surface area (Å²) in [4.78, 5) is 34.0. The lowest BCUT2D eigenvalue weighted by atomic mass is 10.1. The lowest BCUT2D eigenvalue weighted by Crippen LogP contribution is -2.40. The number of aromatic nitrogens is 1. The number of aryl methyl sites for hydroxylation is 1. The van der Waals surface area contributed by atoms with Crippen LogP contribution in [0.2, 0.25) is 0 Å². The number of carbonyl (C=O) groups excluding carboxylic acids is 2. The maximum Gasteiger partial charge on any atom is 0.273 e. The molecule has 0 saturated carbocycles. The average Bonchev–Trinajstić information content (AvgIpc) is 3.23. The second-order valence-corrected chi connectivity index (χ2v) is 9.36. The van der Waals surface area contributed by atoms with Crippen molar-refractivity contribution in [3.8, 4) is 5.75 Å². The smallest absolute Gasteiger partial charge is 0.273 e. The van der Waals surface area contributed by atoms with Gasteiger partial charge in [-0.15, -0.1) is 11.3 Å². The number of methoxy groups -OCH3 is 1.